The van der Waals surface area contributed by atoms with Gasteiger partial charge in [-0.25, -0.2) is 4.79 Å². The van der Waals surface area contributed by atoms with E-state index < -0.39 is 0 Å². The van der Waals surface area contributed by atoms with Crippen molar-refractivity contribution < 1.29 is 9.63 Å². The van der Waals surface area contributed by atoms with Crippen LogP contribution in [0.3, 0.4) is 0 Å². The maximum atomic E-state index is 12.7. The second-order valence-corrected chi connectivity index (χ2v) is 12.9. The van der Waals surface area contributed by atoms with Crippen molar-refractivity contribution in [1.29, 1.82) is 0 Å². The van der Waals surface area contributed by atoms with E-state index in [0.717, 1.165) is 42.6 Å². The SMILES string of the molecule is CCCCC1(CCCC)c2cc(N)ccc2-c2ccc(/C(CC3CCCC3)=N/OC(=O)CCC3CCCC3)cc21. The van der Waals surface area contributed by atoms with E-state index in [0.29, 0.717) is 18.3 Å². The lowest BCUT2D eigenvalue weighted by molar-refractivity contribution is -0.144. The lowest BCUT2D eigenvalue weighted by Crippen LogP contribution is -2.26. The van der Waals surface area contributed by atoms with Gasteiger partial charge in [0.1, 0.15) is 0 Å². The first kappa shape index (κ1) is 28.9. The van der Waals surface area contributed by atoms with Gasteiger partial charge in [0.2, 0.25) is 0 Å². The normalized spacial score (nSPS) is 18.7. The molecule has 0 spiro atoms. The summed E-state index contributed by atoms with van der Waals surface area (Å²) in [5.41, 5.74) is 14.7. The summed E-state index contributed by atoms with van der Waals surface area (Å²) in [6.07, 6.45) is 19.4. The maximum absolute atomic E-state index is 12.7. The molecule has 3 aliphatic rings. The van der Waals surface area contributed by atoms with Gasteiger partial charge in [-0.15, -0.1) is 0 Å². The maximum Gasteiger partial charge on any atom is 0.335 e. The van der Waals surface area contributed by atoms with Gasteiger partial charge in [-0.05, 0) is 83.5 Å². The highest BCUT2D eigenvalue weighted by atomic mass is 16.7. The van der Waals surface area contributed by atoms with Crippen LogP contribution >= 0.6 is 0 Å². The van der Waals surface area contributed by atoms with Crippen molar-refractivity contribution in [2.24, 2.45) is 17.0 Å². The number of nitrogen functional groups attached to an aromatic ring is 1. The zero-order chi connectivity index (χ0) is 28.0. The summed E-state index contributed by atoms with van der Waals surface area (Å²) >= 11 is 0. The first-order valence-corrected chi connectivity index (χ1v) is 16.4. The molecule has 216 valence electrons. The molecule has 2 fully saturated rings. The molecule has 2 N–H and O–H groups in total. The van der Waals surface area contributed by atoms with Crippen molar-refractivity contribution in [3.63, 3.8) is 0 Å². The number of carbonyl (C=O) groups excluding carboxylic acids is 1. The molecule has 0 saturated heterocycles. The summed E-state index contributed by atoms with van der Waals surface area (Å²) in [5.74, 6) is 1.12. The number of benzene rings is 2. The van der Waals surface area contributed by atoms with Crippen molar-refractivity contribution in [3.8, 4) is 11.1 Å². The Morgan fingerprint density at radius 3 is 2.12 bits per heavy atom. The highest BCUT2D eigenvalue weighted by molar-refractivity contribution is 6.02. The molecule has 4 heteroatoms. The highest BCUT2D eigenvalue weighted by Gasteiger charge is 2.42. The Bertz CT molecular complexity index is 1180. The molecule has 40 heavy (non-hydrogen) atoms. The molecule has 2 saturated carbocycles. The molecule has 0 heterocycles. The molecule has 2 aromatic carbocycles. The number of fused-ring (bicyclic) bond motifs is 3. The lowest BCUT2D eigenvalue weighted by Gasteiger charge is -2.33. The Labute approximate surface area is 242 Å². The minimum atomic E-state index is -0.180. The van der Waals surface area contributed by atoms with Crippen molar-refractivity contribution in [2.45, 2.75) is 128 Å². The largest absolute Gasteiger partial charge is 0.399 e. The van der Waals surface area contributed by atoms with E-state index in [2.05, 4.69) is 49.3 Å². The van der Waals surface area contributed by atoms with E-state index in [4.69, 9.17) is 10.6 Å². The van der Waals surface area contributed by atoms with Crippen LogP contribution in [0.1, 0.15) is 140 Å². The fourth-order valence-corrected chi connectivity index (χ4v) is 7.78. The molecule has 4 nitrogen and oxygen atoms in total. The van der Waals surface area contributed by atoms with Gasteiger partial charge < -0.3 is 10.6 Å². The van der Waals surface area contributed by atoms with Crippen LogP contribution in [-0.2, 0) is 15.0 Å². The smallest absolute Gasteiger partial charge is 0.335 e. The zero-order valence-corrected chi connectivity index (χ0v) is 25.0. The van der Waals surface area contributed by atoms with E-state index >= 15 is 0 Å². The third kappa shape index (κ3) is 6.31. The Kier molecular flexibility index (Phi) is 9.65. The minimum absolute atomic E-state index is 0.0293. The van der Waals surface area contributed by atoms with Gasteiger partial charge in [0.25, 0.3) is 0 Å². The number of unbranched alkanes of at least 4 members (excludes halogenated alkanes) is 2. The summed E-state index contributed by atoms with van der Waals surface area (Å²) in [6, 6.07) is 13.4. The van der Waals surface area contributed by atoms with Crippen molar-refractivity contribution in [3.05, 3.63) is 53.1 Å². The third-order valence-electron chi connectivity index (χ3n) is 10.1. The topological polar surface area (TPSA) is 64.7 Å². The molecule has 0 unspecified atom stereocenters. The first-order valence-electron chi connectivity index (χ1n) is 16.4. The van der Waals surface area contributed by atoms with Crippen LogP contribution < -0.4 is 5.73 Å². The van der Waals surface area contributed by atoms with Crippen LogP contribution in [0.15, 0.2) is 41.6 Å². The molecule has 0 bridgehead atoms. The fourth-order valence-electron chi connectivity index (χ4n) is 7.78. The quantitative estimate of drug-likeness (QED) is 0.119. The van der Waals surface area contributed by atoms with E-state index in [-0.39, 0.29) is 11.4 Å². The number of oxime groups is 1. The van der Waals surface area contributed by atoms with Crippen LogP contribution in [0.2, 0.25) is 0 Å². The Balaban J connectivity index is 1.48. The molecule has 0 aromatic heterocycles. The Morgan fingerprint density at radius 2 is 1.48 bits per heavy atom. The van der Waals surface area contributed by atoms with E-state index in [1.807, 2.05) is 6.07 Å². The van der Waals surface area contributed by atoms with Crippen LogP contribution in [0.4, 0.5) is 5.69 Å². The van der Waals surface area contributed by atoms with Gasteiger partial charge in [0, 0.05) is 17.5 Å². The molecular formula is C36H50N2O2. The number of nitrogens with two attached hydrogens (primary N) is 1. The van der Waals surface area contributed by atoms with Gasteiger partial charge in [0.05, 0.1) is 5.71 Å². The fraction of sp³-hybridized carbons (Fsp3) is 0.611. The minimum Gasteiger partial charge on any atom is -0.399 e. The van der Waals surface area contributed by atoms with Gasteiger partial charge in [-0.1, -0.05) is 114 Å². The van der Waals surface area contributed by atoms with Crippen LogP contribution in [0, 0.1) is 11.8 Å². The second kappa shape index (κ2) is 13.4. The van der Waals surface area contributed by atoms with Crippen molar-refractivity contribution in [1.82, 2.24) is 0 Å². The van der Waals surface area contributed by atoms with Crippen LogP contribution in [-0.4, -0.2) is 11.7 Å². The van der Waals surface area contributed by atoms with Gasteiger partial charge in [-0.3, -0.25) is 0 Å². The summed E-state index contributed by atoms with van der Waals surface area (Å²) in [4.78, 5) is 18.4. The summed E-state index contributed by atoms with van der Waals surface area (Å²) in [7, 11) is 0. The number of carbonyl (C=O) groups is 1. The Hall–Kier alpha value is -2.62. The predicted molar refractivity (Wildman–Crippen MR) is 167 cm³/mol. The van der Waals surface area contributed by atoms with Crippen molar-refractivity contribution in [2.75, 3.05) is 5.73 Å². The summed E-state index contributed by atoms with van der Waals surface area (Å²) in [5, 5.41) is 4.61. The number of nitrogens with zero attached hydrogens (tertiary/aromatic N) is 1. The average molecular weight is 543 g/mol. The lowest BCUT2D eigenvalue weighted by atomic mass is 9.70. The van der Waals surface area contributed by atoms with Gasteiger partial charge in [0.15, 0.2) is 0 Å². The van der Waals surface area contributed by atoms with E-state index in [1.54, 1.807) is 0 Å². The molecule has 3 aliphatic carbocycles. The number of rotatable bonds is 13. The predicted octanol–water partition coefficient (Wildman–Crippen LogP) is 9.71. The van der Waals surface area contributed by atoms with Crippen LogP contribution in [0.25, 0.3) is 11.1 Å². The standard InChI is InChI=1S/C36H50N2O2/c1-3-5-21-36(22-6-4-2)32-24-28(16-18-30(32)31-19-17-29(37)25-33(31)36)34(23-27-13-9-10-14-27)38-40-35(39)20-15-26-11-7-8-12-26/h16-19,24-27H,3-15,20-23,37H2,1-2H3/b38-34+. The number of hydrogen-bond acceptors (Lipinski definition) is 4. The Morgan fingerprint density at radius 1 is 0.875 bits per heavy atom. The number of hydrogen-bond donors (Lipinski definition) is 1. The monoisotopic (exact) mass is 542 g/mol. The highest BCUT2D eigenvalue weighted by Crippen LogP contribution is 2.55. The summed E-state index contributed by atoms with van der Waals surface area (Å²) < 4.78 is 0. The summed E-state index contributed by atoms with van der Waals surface area (Å²) in [6.45, 7) is 4.57. The molecule has 0 amide bonds. The third-order valence-corrected chi connectivity index (χ3v) is 10.1. The van der Waals surface area contributed by atoms with Crippen LogP contribution in [0.5, 0.6) is 0 Å². The molecule has 0 radical (unpaired) electrons. The number of anilines is 1. The molecular weight excluding hydrogens is 492 g/mol. The first-order chi connectivity index (χ1) is 19.5. The zero-order valence-electron chi connectivity index (χ0n) is 25.0. The van der Waals surface area contributed by atoms with E-state index in [9.17, 15) is 4.79 Å². The van der Waals surface area contributed by atoms with Gasteiger partial charge >= 0.3 is 5.97 Å². The molecule has 0 atom stereocenters. The molecule has 5 rings (SSSR count). The molecule has 0 aliphatic heterocycles. The average Bonchev–Trinajstić information content (AvgIpc) is 3.73. The molecule has 2 aromatic rings. The van der Waals surface area contributed by atoms with E-state index in [1.165, 1.54) is 99.3 Å². The van der Waals surface area contributed by atoms with Gasteiger partial charge in [-0.2, -0.15) is 0 Å². The van der Waals surface area contributed by atoms with Crippen molar-refractivity contribution >= 4 is 17.4 Å². The second-order valence-electron chi connectivity index (χ2n) is 12.9.